The summed E-state index contributed by atoms with van der Waals surface area (Å²) in [6, 6.07) is 15.6. The van der Waals surface area contributed by atoms with Crippen LogP contribution < -0.4 is 5.32 Å². The summed E-state index contributed by atoms with van der Waals surface area (Å²) in [4.78, 5) is 18.7. The zero-order valence-corrected chi connectivity index (χ0v) is 11.2. The maximum Gasteiger partial charge on any atom is 0.257 e. The molecule has 2 aromatic heterocycles. The van der Waals surface area contributed by atoms with Crippen LogP contribution in [0.3, 0.4) is 0 Å². The van der Waals surface area contributed by atoms with Crippen molar-refractivity contribution in [2.24, 2.45) is 0 Å². The van der Waals surface area contributed by atoms with Gasteiger partial charge in [-0.2, -0.15) is 0 Å². The lowest BCUT2D eigenvalue weighted by atomic mass is 10.1. The van der Waals surface area contributed by atoms with Gasteiger partial charge in [0.2, 0.25) is 0 Å². The van der Waals surface area contributed by atoms with E-state index in [1.165, 1.54) is 0 Å². The first-order valence-electron chi connectivity index (χ1n) is 6.76. The van der Waals surface area contributed by atoms with Crippen molar-refractivity contribution in [2.75, 3.05) is 5.32 Å². The summed E-state index contributed by atoms with van der Waals surface area (Å²) >= 11 is 0. The van der Waals surface area contributed by atoms with Gasteiger partial charge in [0.25, 0.3) is 5.91 Å². The highest BCUT2D eigenvalue weighted by Crippen LogP contribution is 2.21. The maximum absolute atomic E-state index is 12.4. The molecule has 21 heavy (non-hydrogen) atoms. The minimum Gasteiger partial charge on any atom is -0.361 e. The van der Waals surface area contributed by atoms with Crippen LogP contribution in [0.5, 0.6) is 0 Å². The normalized spacial score (nSPS) is 11.0. The summed E-state index contributed by atoms with van der Waals surface area (Å²) in [6.07, 6.45) is 3.63. The summed E-state index contributed by atoms with van der Waals surface area (Å²) in [7, 11) is 0. The van der Waals surface area contributed by atoms with Crippen LogP contribution >= 0.6 is 0 Å². The van der Waals surface area contributed by atoms with E-state index in [-0.39, 0.29) is 5.91 Å². The van der Waals surface area contributed by atoms with E-state index in [0.29, 0.717) is 5.56 Å². The number of carbonyl (C=O) groups is 1. The van der Waals surface area contributed by atoms with Crippen LogP contribution in [0, 0.1) is 0 Å². The molecular formula is C17H13N3O. The van der Waals surface area contributed by atoms with Gasteiger partial charge in [0.1, 0.15) is 0 Å². The molecule has 4 nitrogen and oxygen atoms in total. The second-order valence-electron chi connectivity index (χ2n) is 4.98. The van der Waals surface area contributed by atoms with E-state index in [1.807, 2.05) is 54.7 Å². The van der Waals surface area contributed by atoms with Crippen LogP contribution in [0.15, 0.2) is 60.9 Å². The van der Waals surface area contributed by atoms with Gasteiger partial charge in [-0.05, 0) is 29.7 Å². The SMILES string of the molecule is O=C(Nc1ccc2cc[nH]c2c1)c1c[nH]c2ccccc12. The molecule has 2 aromatic carbocycles. The summed E-state index contributed by atoms with van der Waals surface area (Å²) in [5.41, 5.74) is 3.40. The number of fused-ring (bicyclic) bond motifs is 2. The van der Waals surface area contributed by atoms with Crippen molar-refractivity contribution in [3.8, 4) is 0 Å². The molecule has 0 fully saturated rings. The Kier molecular flexibility index (Phi) is 2.54. The molecule has 0 aliphatic heterocycles. The van der Waals surface area contributed by atoms with Crippen molar-refractivity contribution in [1.29, 1.82) is 0 Å². The molecule has 0 aliphatic rings. The zero-order valence-electron chi connectivity index (χ0n) is 11.2. The maximum atomic E-state index is 12.4. The van der Waals surface area contributed by atoms with Crippen molar-refractivity contribution >= 4 is 33.4 Å². The van der Waals surface area contributed by atoms with Crippen molar-refractivity contribution in [2.45, 2.75) is 0 Å². The number of aromatic nitrogens is 2. The van der Waals surface area contributed by atoms with Gasteiger partial charge in [-0.3, -0.25) is 4.79 Å². The van der Waals surface area contributed by atoms with Gasteiger partial charge in [-0.15, -0.1) is 0 Å². The molecule has 0 spiro atoms. The largest absolute Gasteiger partial charge is 0.361 e. The Balaban J connectivity index is 1.68. The number of hydrogen-bond donors (Lipinski definition) is 3. The molecule has 4 heteroatoms. The Morgan fingerprint density at radius 2 is 1.86 bits per heavy atom. The number of rotatable bonds is 2. The van der Waals surface area contributed by atoms with Crippen LogP contribution in [-0.4, -0.2) is 15.9 Å². The fourth-order valence-corrected chi connectivity index (χ4v) is 2.58. The third-order valence-corrected chi connectivity index (χ3v) is 3.65. The minimum absolute atomic E-state index is 0.113. The van der Waals surface area contributed by atoms with Gasteiger partial charge in [-0.1, -0.05) is 24.3 Å². The number of para-hydroxylation sites is 1. The van der Waals surface area contributed by atoms with Gasteiger partial charge in [0.05, 0.1) is 5.56 Å². The lowest BCUT2D eigenvalue weighted by Gasteiger charge is -2.04. The molecule has 2 heterocycles. The van der Waals surface area contributed by atoms with Gasteiger partial charge >= 0.3 is 0 Å². The van der Waals surface area contributed by atoms with E-state index in [9.17, 15) is 4.79 Å². The highest BCUT2D eigenvalue weighted by atomic mass is 16.1. The number of amides is 1. The van der Waals surface area contributed by atoms with Gasteiger partial charge in [0.15, 0.2) is 0 Å². The average molecular weight is 275 g/mol. The van der Waals surface area contributed by atoms with E-state index in [1.54, 1.807) is 6.20 Å². The fraction of sp³-hybridized carbons (Fsp3) is 0. The number of nitrogens with one attached hydrogen (secondary N) is 3. The molecule has 0 saturated heterocycles. The smallest absolute Gasteiger partial charge is 0.257 e. The van der Waals surface area contributed by atoms with Gasteiger partial charge < -0.3 is 15.3 Å². The molecule has 4 aromatic rings. The van der Waals surface area contributed by atoms with Crippen LogP contribution in [0.4, 0.5) is 5.69 Å². The first kappa shape index (κ1) is 11.8. The molecule has 0 saturated carbocycles. The number of H-pyrrole nitrogens is 2. The van der Waals surface area contributed by atoms with E-state index < -0.39 is 0 Å². The Morgan fingerprint density at radius 1 is 0.952 bits per heavy atom. The van der Waals surface area contributed by atoms with Crippen molar-refractivity contribution in [3.05, 3.63) is 66.5 Å². The van der Waals surface area contributed by atoms with Crippen molar-refractivity contribution in [1.82, 2.24) is 9.97 Å². The third-order valence-electron chi connectivity index (χ3n) is 3.65. The Morgan fingerprint density at radius 3 is 2.81 bits per heavy atom. The fourth-order valence-electron chi connectivity index (χ4n) is 2.58. The molecule has 0 aliphatic carbocycles. The second kappa shape index (κ2) is 4.52. The third kappa shape index (κ3) is 1.97. The monoisotopic (exact) mass is 275 g/mol. The lowest BCUT2D eigenvalue weighted by Crippen LogP contribution is -2.11. The topological polar surface area (TPSA) is 60.7 Å². The van der Waals surface area contributed by atoms with Crippen LogP contribution in [0.1, 0.15) is 10.4 Å². The molecule has 102 valence electrons. The van der Waals surface area contributed by atoms with E-state index >= 15 is 0 Å². The number of hydrogen-bond acceptors (Lipinski definition) is 1. The molecule has 0 radical (unpaired) electrons. The number of aromatic amines is 2. The molecule has 3 N–H and O–H groups in total. The highest BCUT2D eigenvalue weighted by Gasteiger charge is 2.11. The van der Waals surface area contributed by atoms with Crippen LogP contribution in [0.2, 0.25) is 0 Å². The standard InChI is InChI=1S/C17H13N3O/c21-17(14-10-19-15-4-2-1-3-13(14)15)20-12-6-5-11-7-8-18-16(11)9-12/h1-10,18-19H,(H,20,21). The first-order chi connectivity index (χ1) is 10.3. The predicted octanol–water partition coefficient (Wildman–Crippen LogP) is 3.90. The van der Waals surface area contributed by atoms with Gasteiger partial charge in [-0.25, -0.2) is 0 Å². The Labute approximate surface area is 120 Å². The van der Waals surface area contributed by atoms with Crippen LogP contribution in [0.25, 0.3) is 21.8 Å². The second-order valence-corrected chi connectivity index (χ2v) is 4.98. The Hall–Kier alpha value is -3.01. The quantitative estimate of drug-likeness (QED) is 0.510. The molecular weight excluding hydrogens is 262 g/mol. The van der Waals surface area contributed by atoms with Crippen molar-refractivity contribution in [3.63, 3.8) is 0 Å². The minimum atomic E-state index is -0.113. The molecule has 4 rings (SSSR count). The van der Waals surface area contributed by atoms with Crippen LogP contribution in [-0.2, 0) is 0 Å². The van der Waals surface area contributed by atoms with E-state index in [4.69, 9.17) is 0 Å². The highest BCUT2D eigenvalue weighted by molar-refractivity contribution is 6.13. The average Bonchev–Trinajstić information content (AvgIpc) is 3.13. The molecule has 0 unspecified atom stereocenters. The molecule has 0 atom stereocenters. The number of carbonyl (C=O) groups excluding carboxylic acids is 1. The Bertz CT molecular complexity index is 949. The lowest BCUT2D eigenvalue weighted by molar-refractivity contribution is 0.102. The summed E-state index contributed by atoms with van der Waals surface area (Å²) in [6.45, 7) is 0. The van der Waals surface area contributed by atoms with Gasteiger partial charge in [0, 0.05) is 34.5 Å². The molecule has 0 bridgehead atoms. The summed E-state index contributed by atoms with van der Waals surface area (Å²) < 4.78 is 0. The molecule has 1 amide bonds. The van der Waals surface area contributed by atoms with E-state index in [2.05, 4.69) is 15.3 Å². The summed E-state index contributed by atoms with van der Waals surface area (Å²) in [5, 5.41) is 4.99. The summed E-state index contributed by atoms with van der Waals surface area (Å²) in [5.74, 6) is -0.113. The number of benzene rings is 2. The van der Waals surface area contributed by atoms with E-state index in [0.717, 1.165) is 27.5 Å². The van der Waals surface area contributed by atoms with Crippen molar-refractivity contribution < 1.29 is 4.79 Å². The zero-order chi connectivity index (χ0) is 14.2. The number of anilines is 1. The predicted molar refractivity (Wildman–Crippen MR) is 84.6 cm³/mol. The first-order valence-corrected chi connectivity index (χ1v) is 6.76.